The van der Waals surface area contributed by atoms with Gasteiger partial charge in [-0.2, -0.15) is 0 Å². The van der Waals surface area contributed by atoms with Gasteiger partial charge in [-0.1, -0.05) is 48.5 Å². The van der Waals surface area contributed by atoms with Crippen LogP contribution in [0.15, 0.2) is 77.1 Å². The van der Waals surface area contributed by atoms with Crippen LogP contribution in [-0.2, 0) is 14.3 Å². The lowest BCUT2D eigenvalue weighted by Crippen LogP contribution is -2.36. The highest BCUT2D eigenvalue weighted by atomic mass is 16.5. The molecule has 166 valence electrons. The third-order valence-electron chi connectivity index (χ3n) is 6.10. The maximum atomic E-state index is 13.6. The van der Waals surface area contributed by atoms with Crippen molar-refractivity contribution in [1.29, 1.82) is 0 Å². The van der Waals surface area contributed by atoms with Crippen molar-refractivity contribution in [3.05, 3.63) is 88.3 Å². The molecule has 2 aliphatic rings. The van der Waals surface area contributed by atoms with Crippen LogP contribution >= 0.6 is 0 Å². The lowest BCUT2D eigenvalue weighted by atomic mass is 9.71. The molecule has 0 saturated carbocycles. The Morgan fingerprint density at radius 3 is 2.41 bits per heavy atom. The fourth-order valence-electron chi connectivity index (χ4n) is 4.77. The summed E-state index contributed by atoms with van der Waals surface area (Å²) in [6.07, 6.45) is 1.07. The summed E-state index contributed by atoms with van der Waals surface area (Å²) in [6, 6.07) is 17.8. The van der Waals surface area contributed by atoms with Crippen LogP contribution in [0.4, 0.5) is 0 Å². The van der Waals surface area contributed by atoms with E-state index >= 15 is 0 Å². The maximum Gasteiger partial charge on any atom is 0.336 e. The topological polar surface area (TPSA) is 64.6 Å². The van der Waals surface area contributed by atoms with E-state index in [1.54, 1.807) is 0 Å². The van der Waals surface area contributed by atoms with Gasteiger partial charge in [0.2, 0.25) is 0 Å². The summed E-state index contributed by atoms with van der Waals surface area (Å²) in [5.41, 5.74) is 4.64. The highest BCUT2D eigenvalue weighted by Gasteiger charge is 2.42. The quantitative estimate of drug-likeness (QED) is 0.675. The minimum atomic E-state index is -0.530. The Kier molecular flexibility index (Phi) is 6.17. The van der Waals surface area contributed by atoms with Crippen LogP contribution in [0.5, 0.6) is 5.75 Å². The molecule has 0 spiro atoms. The second-order valence-corrected chi connectivity index (χ2v) is 8.62. The molecule has 0 bridgehead atoms. The van der Waals surface area contributed by atoms with Gasteiger partial charge in [-0.15, -0.1) is 0 Å². The van der Waals surface area contributed by atoms with Crippen molar-refractivity contribution in [2.24, 2.45) is 0 Å². The number of rotatable bonds is 5. The molecule has 0 unspecified atom stereocenters. The molecule has 0 saturated heterocycles. The summed E-state index contributed by atoms with van der Waals surface area (Å²) in [6.45, 7) is 5.79. The molecule has 0 aromatic heterocycles. The SMILES string of the molecule is COC(=O)C1=C(C)NC2=C(C(=O)C[C@@H](c3ccccc3)C2)[C@@H]1c1ccccc1OC(C)C. The van der Waals surface area contributed by atoms with Gasteiger partial charge in [0.15, 0.2) is 5.78 Å². The number of esters is 1. The Bertz CT molecular complexity index is 1100. The molecular formula is C27H29NO4. The van der Waals surface area contributed by atoms with Crippen LogP contribution in [0.1, 0.15) is 56.6 Å². The number of Topliss-reactive ketones (excluding diaryl/α,β-unsaturated/α-hetero) is 1. The third kappa shape index (κ3) is 4.07. The molecule has 5 heteroatoms. The van der Waals surface area contributed by atoms with Gasteiger partial charge in [-0.3, -0.25) is 4.79 Å². The zero-order chi connectivity index (χ0) is 22.8. The zero-order valence-corrected chi connectivity index (χ0v) is 19.0. The summed E-state index contributed by atoms with van der Waals surface area (Å²) in [5, 5.41) is 3.37. The summed E-state index contributed by atoms with van der Waals surface area (Å²) in [5.74, 6) is -0.147. The molecule has 0 fully saturated rings. The van der Waals surface area contributed by atoms with Crippen LogP contribution in [0.3, 0.4) is 0 Å². The minimum Gasteiger partial charge on any atom is -0.491 e. The number of ether oxygens (including phenoxy) is 2. The standard InChI is InChI=1S/C27H29NO4/c1-16(2)32-23-13-9-8-12-20(23)25-24(27(30)31-4)17(3)28-21-14-19(15-22(29)26(21)25)18-10-6-5-7-11-18/h5-13,16,19,25,28H,14-15H2,1-4H3/t19-,25+/m0/s1. The smallest absolute Gasteiger partial charge is 0.336 e. The second kappa shape index (κ2) is 9.03. The van der Waals surface area contributed by atoms with Crippen molar-refractivity contribution in [2.45, 2.75) is 51.6 Å². The Labute approximate surface area is 189 Å². The number of carbonyl (C=O) groups excluding carboxylic acids is 2. The molecule has 2 atom stereocenters. The summed E-state index contributed by atoms with van der Waals surface area (Å²) in [7, 11) is 1.37. The summed E-state index contributed by atoms with van der Waals surface area (Å²) >= 11 is 0. The number of hydrogen-bond donors (Lipinski definition) is 1. The average molecular weight is 432 g/mol. The first-order valence-electron chi connectivity index (χ1n) is 11.0. The van der Waals surface area contributed by atoms with Gasteiger partial charge < -0.3 is 14.8 Å². The molecular weight excluding hydrogens is 402 g/mol. The van der Waals surface area contributed by atoms with E-state index in [0.29, 0.717) is 35.4 Å². The first-order valence-corrected chi connectivity index (χ1v) is 11.0. The van der Waals surface area contributed by atoms with E-state index in [-0.39, 0.29) is 17.8 Å². The number of para-hydroxylation sites is 1. The van der Waals surface area contributed by atoms with E-state index in [4.69, 9.17) is 9.47 Å². The molecule has 5 nitrogen and oxygen atoms in total. The second-order valence-electron chi connectivity index (χ2n) is 8.62. The first kappa shape index (κ1) is 21.9. The molecule has 4 rings (SSSR count). The van der Waals surface area contributed by atoms with Crippen molar-refractivity contribution in [3.63, 3.8) is 0 Å². The van der Waals surface area contributed by atoms with Gasteiger partial charge in [-0.05, 0) is 44.7 Å². The average Bonchev–Trinajstić information content (AvgIpc) is 2.78. The Hall–Kier alpha value is -3.34. The molecule has 0 amide bonds. The Morgan fingerprint density at radius 2 is 1.72 bits per heavy atom. The van der Waals surface area contributed by atoms with Crippen LogP contribution < -0.4 is 10.1 Å². The molecule has 1 N–H and O–H groups in total. The van der Waals surface area contributed by atoms with Gasteiger partial charge in [0, 0.05) is 29.0 Å². The van der Waals surface area contributed by atoms with Crippen molar-refractivity contribution >= 4 is 11.8 Å². The van der Waals surface area contributed by atoms with Gasteiger partial charge >= 0.3 is 5.97 Å². The van der Waals surface area contributed by atoms with Gasteiger partial charge in [0.1, 0.15) is 5.75 Å². The van der Waals surface area contributed by atoms with Crippen LogP contribution in [0, 0.1) is 0 Å². The Morgan fingerprint density at radius 1 is 1.03 bits per heavy atom. The number of hydrogen-bond acceptors (Lipinski definition) is 5. The monoisotopic (exact) mass is 431 g/mol. The number of nitrogens with one attached hydrogen (secondary N) is 1. The van der Waals surface area contributed by atoms with E-state index in [9.17, 15) is 9.59 Å². The first-order chi connectivity index (χ1) is 15.4. The van der Waals surface area contributed by atoms with Crippen molar-refractivity contribution < 1.29 is 19.1 Å². The van der Waals surface area contributed by atoms with E-state index in [1.807, 2.05) is 63.2 Å². The van der Waals surface area contributed by atoms with Gasteiger partial charge in [0.25, 0.3) is 0 Å². The third-order valence-corrected chi connectivity index (χ3v) is 6.10. The predicted molar refractivity (Wildman–Crippen MR) is 123 cm³/mol. The number of ketones is 1. The summed E-state index contributed by atoms with van der Waals surface area (Å²) < 4.78 is 11.2. The highest BCUT2D eigenvalue weighted by molar-refractivity contribution is 6.04. The number of methoxy groups -OCH3 is 1. The predicted octanol–water partition coefficient (Wildman–Crippen LogP) is 5.01. The van der Waals surface area contributed by atoms with E-state index in [1.165, 1.54) is 7.11 Å². The van der Waals surface area contributed by atoms with Crippen molar-refractivity contribution in [1.82, 2.24) is 5.32 Å². The normalized spacial score (nSPS) is 20.7. The lowest BCUT2D eigenvalue weighted by molar-refractivity contribution is -0.136. The fraction of sp³-hybridized carbons (Fsp3) is 0.333. The molecule has 2 aromatic rings. The van der Waals surface area contributed by atoms with Crippen LogP contribution in [0.2, 0.25) is 0 Å². The van der Waals surface area contributed by atoms with Crippen molar-refractivity contribution in [2.75, 3.05) is 7.11 Å². The molecule has 0 radical (unpaired) electrons. The lowest BCUT2D eigenvalue weighted by Gasteiger charge is -2.37. The van der Waals surface area contributed by atoms with E-state index in [2.05, 4.69) is 17.4 Å². The van der Waals surface area contributed by atoms with Crippen LogP contribution in [0.25, 0.3) is 0 Å². The minimum absolute atomic E-state index is 0.0394. The number of benzene rings is 2. The molecule has 32 heavy (non-hydrogen) atoms. The molecule has 2 aromatic carbocycles. The van der Waals surface area contributed by atoms with Gasteiger partial charge in [-0.25, -0.2) is 4.79 Å². The molecule has 1 aliphatic heterocycles. The van der Waals surface area contributed by atoms with E-state index in [0.717, 1.165) is 16.8 Å². The van der Waals surface area contributed by atoms with Gasteiger partial charge in [0.05, 0.1) is 24.7 Å². The van der Waals surface area contributed by atoms with Crippen molar-refractivity contribution in [3.8, 4) is 5.75 Å². The summed E-state index contributed by atoms with van der Waals surface area (Å²) in [4.78, 5) is 26.4. The number of allylic oxidation sites excluding steroid dienone is 3. The van der Waals surface area contributed by atoms with E-state index < -0.39 is 11.9 Å². The molecule has 1 aliphatic carbocycles. The molecule has 1 heterocycles. The Balaban J connectivity index is 1.85. The number of dihydropyridines is 1. The maximum absolute atomic E-state index is 13.6. The fourth-order valence-corrected chi connectivity index (χ4v) is 4.77. The largest absolute Gasteiger partial charge is 0.491 e. The number of carbonyl (C=O) groups is 2. The zero-order valence-electron chi connectivity index (χ0n) is 19.0. The highest BCUT2D eigenvalue weighted by Crippen LogP contribution is 2.47. The van der Waals surface area contributed by atoms with Crippen LogP contribution in [-0.4, -0.2) is 25.0 Å².